The minimum absolute atomic E-state index is 0.279. The fourth-order valence-electron chi connectivity index (χ4n) is 1.63. The number of nitrogens with zero attached hydrogens (tertiary/aromatic N) is 1. The van der Waals surface area contributed by atoms with Crippen LogP contribution < -0.4 is 0 Å². The maximum absolute atomic E-state index is 11.4. The number of hydrogen-bond donors (Lipinski definition) is 0. The van der Waals surface area contributed by atoms with Crippen LogP contribution in [-0.4, -0.2) is 19.3 Å². The van der Waals surface area contributed by atoms with Crippen LogP contribution in [0.4, 0.5) is 5.69 Å². The van der Waals surface area contributed by atoms with Crippen molar-refractivity contribution in [3.8, 4) is 0 Å². The molecule has 1 aromatic rings. The summed E-state index contributed by atoms with van der Waals surface area (Å²) in [6.07, 6.45) is 3.63. The number of carbonyl (C=O) groups excluding carboxylic acids is 1. The van der Waals surface area contributed by atoms with Gasteiger partial charge in [0.05, 0.1) is 18.4 Å². The molecule has 0 amide bonds. The molecule has 0 bridgehead atoms. The lowest BCUT2D eigenvalue weighted by atomic mass is 9.99. The maximum atomic E-state index is 11.4. The second kappa shape index (κ2) is 3.62. The molecule has 0 fully saturated rings. The van der Waals surface area contributed by atoms with Gasteiger partial charge in [-0.25, -0.2) is 4.79 Å². The van der Waals surface area contributed by atoms with Gasteiger partial charge in [-0.15, -0.1) is 0 Å². The average molecular weight is 189 g/mol. The third-order valence-corrected chi connectivity index (χ3v) is 2.31. The van der Waals surface area contributed by atoms with Crippen molar-refractivity contribution in [1.82, 2.24) is 0 Å². The highest BCUT2D eigenvalue weighted by Gasteiger charge is 2.15. The van der Waals surface area contributed by atoms with E-state index in [0.29, 0.717) is 5.56 Å². The molecule has 3 nitrogen and oxygen atoms in total. The molecule has 0 N–H and O–H groups in total. The Balaban J connectivity index is 2.51. The molecule has 0 aliphatic carbocycles. The van der Waals surface area contributed by atoms with Crippen LogP contribution in [0.5, 0.6) is 0 Å². The second-order valence-electron chi connectivity index (χ2n) is 3.15. The lowest BCUT2D eigenvalue weighted by Crippen LogP contribution is -2.07. The zero-order chi connectivity index (χ0) is 9.97. The van der Waals surface area contributed by atoms with E-state index >= 15 is 0 Å². The van der Waals surface area contributed by atoms with Crippen LogP contribution in [0, 0.1) is 0 Å². The Hall–Kier alpha value is -1.64. The third-order valence-electron chi connectivity index (χ3n) is 2.31. The second-order valence-corrected chi connectivity index (χ2v) is 3.15. The number of benzene rings is 1. The van der Waals surface area contributed by atoms with E-state index in [9.17, 15) is 4.79 Å². The highest BCUT2D eigenvalue weighted by Crippen LogP contribution is 2.27. The summed E-state index contributed by atoms with van der Waals surface area (Å²) in [7, 11) is 1.40. The molecule has 1 heterocycles. The summed E-state index contributed by atoms with van der Waals surface area (Å²) >= 11 is 0. The Morgan fingerprint density at radius 2 is 2.36 bits per heavy atom. The number of fused-ring (bicyclic) bond motifs is 1. The van der Waals surface area contributed by atoms with Crippen LogP contribution in [0.1, 0.15) is 22.3 Å². The first-order valence-corrected chi connectivity index (χ1v) is 4.55. The summed E-state index contributed by atoms with van der Waals surface area (Å²) in [6, 6.07) is 5.52. The molecule has 3 heteroatoms. The van der Waals surface area contributed by atoms with E-state index in [1.807, 2.05) is 18.3 Å². The predicted molar refractivity (Wildman–Crippen MR) is 54.3 cm³/mol. The molecule has 1 aliphatic heterocycles. The molecule has 14 heavy (non-hydrogen) atoms. The lowest BCUT2D eigenvalue weighted by molar-refractivity contribution is 0.0599. The van der Waals surface area contributed by atoms with Gasteiger partial charge >= 0.3 is 5.97 Å². The molecular formula is C11H11NO2. The first kappa shape index (κ1) is 8.94. The van der Waals surface area contributed by atoms with Crippen LogP contribution in [0.15, 0.2) is 23.2 Å². The Kier molecular flexibility index (Phi) is 2.31. The number of carbonyl (C=O) groups is 1. The molecule has 1 aliphatic rings. The summed E-state index contributed by atoms with van der Waals surface area (Å²) in [5, 5.41) is 0. The number of methoxy groups -OCH3 is 1. The molecule has 0 saturated carbocycles. The largest absolute Gasteiger partial charge is 0.465 e. The molecule has 0 saturated heterocycles. The van der Waals surface area contributed by atoms with Crippen molar-refractivity contribution >= 4 is 17.9 Å². The predicted octanol–water partition coefficient (Wildman–Crippen LogP) is 2.12. The van der Waals surface area contributed by atoms with Gasteiger partial charge in [-0.05, 0) is 30.5 Å². The van der Waals surface area contributed by atoms with Gasteiger partial charge in [-0.1, -0.05) is 6.07 Å². The fraction of sp³-hybridized carbons (Fsp3) is 0.273. The molecule has 1 aromatic carbocycles. The van der Waals surface area contributed by atoms with Crippen LogP contribution in [0.3, 0.4) is 0 Å². The zero-order valence-electron chi connectivity index (χ0n) is 7.99. The van der Waals surface area contributed by atoms with E-state index in [1.54, 1.807) is 6.07 Å². The van der Waals surface area contributed by atoms with Gasteiger partial charge in [0.1, 0.15) is 0 Å². The normalized spacial score (nSPS) is 13.5. The molecule has 2 rings (SSSR count). The highest BCUT2D eigenvalue weighted by atomic mass is 16.5. The molecular weight excluding hydrogens is 178 g/mol. The first-order chi connectivity index (χ1) is 6.83. The van der Waals surface area contributed by atoms with Gasteiger partial charge in [0, 0.05) is 6.21 Å². The number of aliphatic imine (C=N–C) groups is 1. The van der Waals surface area contributed by atoms with Gasteiger partial charge in [-0.2, -0.15) is 0 Å². The van der Waals surface area contributed by atoms with Crippen molar-refractivity contribution in [3.63, 3.8) is 0 Å². The highest BCUT2D eigenvalue weighted by molar-refractivity contribution is 5.93. The average Bonchev–Trinajstić information content (AvgIpc) is 2.27. The van der Waals surface area contributed by atoms with Crippen molar-refractivity contribution in [2.24, 2.45) is 4.99 Å². The van der Waals surface area contributed by atoms with Crippen molar-refractivity contribution in [1.29, 1.82) is 0 Å². The zero-order valence-corrected chi connectivity index (χ0v) is 7.99. The summed E-state index contributed by atoms with van der Waals surface area (Å²) in [4.78, 5) is 15.6. The van der Waals surface area contributed by atoms with Crippen LogP contribution in [-0.2, 0) is 11.2 Å². The quantitative estimate of drug-likeness (QED) is 0.635. The van der Waals surface area contributed by atoms with Crippen molar-refractivity contribution in [2.45, 2.75) is 12.8 Å². The van der Waals surface area contributed by atoms with E-state index in [-0.39, 0.29) is 5.97 Å². The first-order valence-electron chi connectivity index (χ1n) is 4.55. The summed E-state index contributed by atoms with van der Waals surface area (Å²) < 4.78 is 4.71. The Labute approximate surface area is 82.4 Å². The van der Waals surface area contributed by atoms with E-state index < -0.39 is 0 Å². The minimum atomic E-state index is -0.279. The molecule has 0 aromatic heterocycles. The molecule has 0 radical (unpaired) electrons. The van der Waals surface area contributed by atoms with Crippen molar-refractivity contribution in [3.05, 3.63) is 29.3 Å². The standard InChI is InChI=1S/C11H11NO2/c1-14-11(13)9-4-2-6-10-8(9)5-3-7-12-10/h2,4,6-7H,3,5H2,1H3. The van der Waals surface area contributed by atoms with Crippen LogP contribution in [0.25, 0.3) is 0 Å². The van der Waals surface area contributed by atoms with E-state index in [1.165, 1.54) is 7.11 Å². The number of hydrogen-bond acceptors (Lipinski definition) is 3. The lowest BCUT2D eigenvalue weighted by Gasteiger charge is -2.12. The number of rotatable bonds is 1. The van der Waals surface area contributed by atoms with Crippen LogP contribution >= 0.6 is 0 Å². The Morgan fingerprint density at radius 1 is 1.50 bits per heavy atom. The number of esters is 1. The van der Waals surface area contributed by atoms with E-state index in [0.717, 1.165) is 24.1 Å². The van der Waals surface area contributed by atoms with Gasteiger partial charge < -0.3 is 4.74 Å². The van der Waals surface area contributed by atoms with E-state index in [2.05, 4.69) is 4.99 Å². The monoisotopic (exact) mass is 189 g/mol. The van der Waals surface area contributed by atoms with Crippen molar-refractivity contribution in [2.75, 3.05) is 7.11 Å². The molecule has 0 atom stereocenters. The van der Waals surface area contributed by atoms with Gasteiger partial charge in [0.25, 0.3) is 0 Å². The maximum Gasteiger partial charge on any atom is 0.338 e. The minimum Gasteiger partial charge on any atom is -0.465 e. The smallest absolute Gasteiger partial charge is 0.338 e. The SMILES string of the molecule is COC(=O)c1cccc2c1CCC=N2. The molecule has 72 valence electrons. The Morgan fingerprint density at radius 3 is 3.14 bits per heavy atom. The topological polar surface area (TPSA) is 38.7 Å². The summed E-state index contributed by atoms with van der Waals surface area (Å²) in [5.41, 5.74) is 2.53. The molecule has 0 unspecified atom stereocenters. The summed E-state index contributed by atoms with van der Waals surface area (Å²) in [5.74, 6) is -0.279. The van der Waals surface area contributed by atoms with E-state index in [4.69, 9.17) is 4.74 Å². The Bertz CT molecular complexity index is 396. The van der Waals surface area contributed by atoms with Gasteiger partial charge in [-0.3, -0.25) is 4.99 Å². The van der Waals surface area contributed by atoms with Gasteiger partial charge in [0.2, 0.25) is 0 Å². The molecule has 0 spiro atoms. The van der Waals surface area contributed by atoms with Crippen molar-refractivity contribution < 1.29 is 9.53 Å². The van der Waals surface area contributed by atoms with Crippen LogP contribution in [0.2, 0.25) is 0 Å². The summed E-state index contributed by atoms with van der Waals surface area (Å²) in [6.45, 7) is 0. The fourth-order valence-corrected chi connectivity index (χ4v) is 1.63. The number of ether oxygens (including phenoxy) is 1. The van der Waals surface area contributed by atoms with Gasteiger partial charge in [0.15, 0.2) is 0 Å². The third kappa shape index (κ3) is 1.41.